The molecule has 0 radical (unpaired) electrons. The van der Waals surface area contributed by atoms with Gasteiger partial charge in [0.15, 0.2) is 0 Å². The van der Waals surface area contributed by atoms with Crippen molar-refractivity contribution in [2.75, 3.05) is 32.7 Å². The van der Waals surface area contributed by atoms with Gasteiger partial charge in [-0.15, -0.1) is 0 Å². The van der Waals surface area contributed by atoms with Crippen LogP contribution in [-0.2, 0) is 14.4 Å². The van der Waals surface area contributed by atoms with Gasteiger partial charge in [0.1, 0.15) is 5.41 Å². The van der Waals surface area contributed by atoms with Crippen LogP contribution in [0.25, 0.3) is 0 Å². The van der Waals surface area contributed by atoms with Crippen LogP contribution in [0.3, 0.4) is 0 Å². The Bertz CT molecular complexity index is 491. The lowest BCUT2D eigenvalue weighted by Gasteiger charge is -2.25. The second-order valence-electron chi connectivity index (χ2n) is 6.46. The third-order valence-corrected chi connectivity index (χ3v) is 4.98. The number of aliphatic carboxylic acids is 1. The summed E-state index contributed by atoms with van der Waals surface area (Å²) in [5, 5.41) is 9.66. The summed E-state index contributed by atoms with van der Waals surface area (Å²) in [5.41, 5.74) is 4.40. The molecule has 7 heteroatoms. The second kappa shape index (κ2) is 4.98. The molecule has 2 aliphatic heterocycles. The molecule has 2 saturated heterocycles. The van der Waals surface area contributed by atoms with Crippen LogP contribution in [0, 0.1) is 17.3 Å². The van der Waals surface area contributed by atoms with Crippen LogP contribution in [-0.4, -0.2) is 65.4 Å². The van der Waals surface area contributed by atoms with Crippen molar-refractivity contribution in [1.82, 2.24) is 9.80 Å². The van der Waals surface area contributed by atoms with Crippen molar-refractivity contribution in [3.63, 3.8) is 0 Å². The van der Waals surface area contributed by atoms with Gasteiger partial charge in [-0.1, -0.05) is 0 Å². The van der Waals surface area contributed by atoms with E-state index in [4.69, 9.17) is 5.73 Å². The van der Waals surface area contributed by atoms with E-state index < -0.39 is 11.4 Å². The normalized spacial score (nSPS) is 31.4. The highest BCUT2D eigenvalue weighted by molar-refractivity contribution is 5.85. The number of rotatable bonds is 4. The largest absolute Gasteiger partial charge is 0.481 e. The summed E-state index contributed by atoms with van der Waals surface area (Å²) in [6.07, 6.45) is 2.08. The molecular formula is C14H21N3O4. The molecule has 2 atom stereocenters. The molecule has 3 fully saturated rings. The monoisotopic (exact) mass is 295 g/mol. The zero-order chi connectivity index (χ0) is 15.2. The molecule has 0 spiro atoms. The molecule has 1 aliphatic carbocycles. The van der Waals surface area contributed by atoms with Crippen LogP contribution in [0.4, 0.5) is 0 Å². The average molecular weight is 295 g/mol. The van der Waals surface area contributed by atoms with Gasteiger partial charge in [-0.25, -0.2) is 0 Å². The summed E-state index contributed by atoms with van der Waals surface area (Å²) in [5.74, 6) is -0.969. The fraction of sp³-hybridized carbons (Fsp3) is 0.786. The lowest BCUT2D eigenvalue weighted by atomic mass is 9.81. The van der Waals surface area contributed by atoms with Gasteiger partial charge in [0.2, 0.25) is 11.8 Å². The Hall–Kier alpha value is -1.63. The molecule has 0 aromatic heterocycles. The van der Waals surface area contributed by atoms with Gasteiger partial charge in [0.25, 0.3) is 0 Å². The molecule has 1 saturated carbocycles. The van der Waals surface area contributed by atoms with Crippen LogP contribution >= 0.6 is 0 Å². The van der Waals surface area contributed by atoms with Crippen LogP contribution in [0.1, 0.15) is 19.3 Å². The molecule has 2 heterocycles. The van der Waals surface area contributed by atoms with Crippen molar-refractivity contribution < 1.29 is 19.5 Å². The molecule has 7 nitrogen and oxygen atoms in total. The highest BCUT2D eigenvalue weighted by atomic mass is 16.4. The third kappa shape index (κ3) is 2.29. The Kier molecular flexibility index (Phi) is 3.39. The fourth-order valence-corrected chi connectivity index (χ4v) is 3.60. The van der Waals surface area contributed by atoms with Crippen LogP contribution in [0.15, 0.2) is 0 Å². The van der Waals surface area contributed by atoms with E-state index in [1.165, 1.54) is 0 Å². The van der Waals surface area contributed by atoms with Gasteiger partial charge in [-0.3, -0.25) is 14.4 Å². The van der Waals surface area contributed by atoms with E-state index >= 15 is 0 Å². The van der Waals surface area contributed by atoms with E-state index in [0.717, 1.165) is 12.8 Å². The minimum atomic E-state index is -0.991. The zero-order valence-electron chi connectivity index (χ0n) is 12.0. The van der Waals surface area contributed by atoms with Crippen LogP contribution in [0.5, 0.6) is 0 Å². The number of nitrogens with two attached hydrogens (primary N) is 1. The van der Waals surface area contributed by atoms with Crippen molar-refractivity contribution in [3.8, 4) is 0 Å². The number of likely N-dealkylation sites (tertiary alicyclic amines) is 2. The van der Waals surface area contributed by atoms with Crippen molar-refractivity contribution in [2.24, 2.45) is 23.0 Å². The van der Waals surface area contributed by atoms with E-state index in [1.54, 1.807) is 9.80 Å². The summed E-state index contributed by atoms with van der Waals surface area (Å²) >= 11 is 0. The minimum absolute atomic E-state index is 0.0878. The maximum atomic E-state index is 12.2. The molecule has 0 bridgehead atoms. The lowest BCUT2D eigenvalue weighted by molar-refractivity contribution is -0.149. The standard InChI is InChI=1S/C14H21N3O4/c15-4-3-11(18)16-5-10-6-17(12(19)9-1-2-9)8-14(10,7-16)13(20)21/h9-10H,1-8,15H2,(H,20,21)/t10-,14-/m1/s1. The first-order chi connectivity index (χ1) is 9.98. The number of fused-ring (bicyclic) bond motifs is 1. The highest BCUT2D eigenvalue weighted by Crippen LogP contribution is 2.44. The molecule has 0 unspecified atom stereocenters. The fourth-order valence-electron chi connectivity index (χ4n) is 3.60. The van der Waals surface area contributed by atoms with Crippen molar-refractivity contribution >= 4 is 17.8 Å². The SMILES string of the molecule is NCCC(=O)N1C[C@@H]2CN(C(=O)C3CC3)C[C@]2(C(=O)O)C1. The molecule has 116 valence electrons. The second-order valence-corrected chi connectivity index (χ2v) is 6.46. The quantitative estimate of drug-likeness (QED) is 0.700. The van der Waals surface area contributed by atoms with E-state index in [1.807, 2.05) is 0 Å². The van der Waals surface area contributed by atoms with Crippen molar-refractivity contribution in [2.45, 2.75) is 19.3 Å². The van der Waals surface area contributed by atoms with Gasteiger partial charge >= 0.3 is 5.97 Å². The number of hydrogen-bond donors (Lipinski definition) is 2. The number of hydrogen-bond acceptors (Lipinski definition) is 4. The van der Waals surface area contributed by atoms with E-state index in [0.29, 0.717) is 13.1 Å². The third-order valence-electron chi connectivity index (χ3n) is 4.98. The first-order valence-corrected chi connectivity index (χ1v) is 7.48. The summed E-state index contributed by atoms with van der Waals surface area (Å²) in [7, 11) is 0. The average Bonchev–Trinajstić information content (AvgIpc) is 3.10. The summed E-state index contributed by atoms with van der Waals surface area (Å²) in [4.78, 5) is 39.2. The Morgan fingerprint density at radius 1 is 1.14 bits per heavy atom. The first kappa shape index (κ1) is 14.3. The molecule has 3 rings (SSSR count). The Balaban J connectivity index is 1.74. The predicted octanol–water partition coefficient (Wildman–Crippen LogP) is -0.883. The summed E-state index contributed by atoms with van der Waals surface area (Å²) in [6.45, 7) is 1.56. The number of carbonyl (C=O) groups is 3. The first-order valence-electron chi connectivity index (χ1n) is 7.48. The van der Waals surface area contributed by atoms with E-state index in [-0.39, 0.29) is 49.7 Å². The number of carboxylic acids is 1. The number of carbonyl (C=O) groups excluding carboxylic acids is 2. The van der Waals surface area contributed by atoms with Crippen LogP contribution < -0.4 is 5.73 Å². The predicted molar refractivity (Wildman–Crippen MR) is 73.1 cm³/mol. The molecular weight excluding hydrogens is 274 g/mol. The van der Waals surface area contributed by atoms with Gasteiger partial charge in [-0.2, -0.15) is 0 Å². The van der Waals surface area contributed by atoms with Crippen LogP contribution in [0.2, 0.25) is 0 Å². The lowest BCUT2D eigenvalue weighted by Crippen LogP contribution is -2.43. The van der Waals surface area contributed by atoms with Gasteiger partial charge < -0.3 is 20.6 Å². The Morgan fingerprint density at radius 2 is 1.76 bits per heavy atom. The zero-order valence-corrected chi connectivity index (χ0v) is 12.0. The Labute approximate surface area is 123 Å². The maximum absolute atomic E-state index is 12.2. The smallest absolute Gasteiger partial charge is 0.313 e. The Morgan fingerprint density at radius 3 is 2.29 bits per heavy atom. The van der Waals surface area contributed by atoms with E-state index in [2.05, 4.69) is 0 Å². The summed E-state index contributed by atoms with van der Waals surface area (Å²) < 4.78 is 0. The van der Waals surface area contributed by atoms with E-state index in [9.17, 15) is 19.5 Å². The van der Waals surface area contributed by atoms with Crippen molar-refractivity contribution in [3.05, 3.63) is 0 Å². The molecule has 0 aromatic carbocycles. The van der Waals surface area contributed by atoms with Crippen molar-refractivity contribution in [1.29, 1.82) is 0 Å². The van der Waals surface area contributed by atoms with Gasteiger partial charge in [-0.05, 0) is 12.8 Å². The number of amides is 2. The number of nitrogens with zero attached hydrogens (tertiary/aromatic N) is 2. The highest BCUT2D eigenvalue weighted by Gasteiger charge is 2.59. The minimum Gasteiger partial charge on any atom is -0.481 e. The van der Waals surface area contributed by atoms with Gasteiger partial charge in [0.05, 0.1) is 0 Å². The topological polar surface area (TPSA) is 104 Å². The molecule has 0 aromatic rings. The molecule has 2 amide bonds. The molecule has 21 heavy (non-hydrogen) atoms. The number of carboxylic acid groups (broad SMARTS) is 1. The summed E-state index contributed by atoms with van der Waals surface area (Å²) in [6, 6.07) is 0. The molecule has 3 aliphatic rings. The maximum Gasteiger partial charge on any atom is 0.313 e. The molecule has 3 N–H and O–H groups in total. The van der Waals surface area contributed by atoms with Gasteiger partial charge in [0, 0.05) is 51.0 Å².